The molecule has 1 aromatic heterocycles. The summed E-state index contributed by atoms with van der Waals surface area (Å²) in [5.74, 6) is 1.13. The van der Waals surface area contributed by atoms with Crippen molar-refractivity contribution in [2.45, 2.75) is 39.2 Å². The van der Waals surface area contributed by atoms with Gasteiger partial charge in [-0.25, -0.2) is 0 Å². The standard InChI is InChI=1S/C16H22N2O2/c1-11(2)20-13-7-12(9-18-10-13)15(19)14-8-16(14)3-5-17-6-4-16/h7,9-11,14,17H,3-6,8H2,1-2H3. The van der Waals surface area contributed by atoms with Crippen molar-refractivity contribution in [3.8, 4) is 5.75 Å². The van der Waals surface area contributed by atoms with Crippen LogP contribution in [0.1, 0.15) is 43.5 Å². The van der Waals surface area contributed by atoms with Gasteiger partial charge in [-0.15, -0.1) is 0 Å². The minimum Gasteiger partial charge on any atom is -0.489 e. The van der Waals surface area contributed by atoms with Gasteiger partial charge in [-0.05, 0) is 57.7 Å². The van der Waals surface area contributed by atoms with Crippen LogP contribution in [-0.4, -0.2) is 30.0 Å². The Morgan fingerprint density at radius 3 is 2.85 bits per heavy atom. The number of hydrogen-bond acceptors (Lipinski definition) is 4. The van der Waals surface area contributed by atoms with E-state index in [0.29, 0.717) is 11.3 Å². The van der Waals surface area contributed by atoms with Crippen molar-refractivity contribution in [2.75, 3.05) is 13.1 Å². The molecule has 4 heteroatoms. The molecule has 1 saturated heterocycles. The molecule has 1 N–H and O–H groups in total. The van der Waals surface area contributed by atoms with E-state index in [4.69, 9.17) is 4.74 Å². The third-order valence-electron chi connectivity index (χ3n) is 4.48. The van der Waals surface area contributed by atoms with Gasteiger partial charge >= 0.3 is 0 Å². The van der Waals surface area contributed by atoms with E-state index in [9.17, 15) is 4.79 Å². The van der Waals surface area contributed by atoms with Crippen LogP contribution in [0.5, 0.6) is 5.75 Å². The molecule has 20 heavy (non-hydrogen) atoms. The van der Waals surface area contributed by atoms with Crippen LogP contribution in [0.15, 0.2) is 18.5 Å². The monoisotopic (exact) mass is 274 g/mol. The first kappa shape index (κ1) is 13.6. The molecule has 1 saturated carbocycles. The lowest BCUT2D eigenvalue weighted by Gasteiger charge is -2.23. The van der Waals surface area contributed by atoms with Gasteiger partial charge in [-0.1, -0.05) is 0 Å². The van der Waals surface area contributed by atoms with Gasteiger partial charge in [0.05, 0.1) is 12.3 Å². The predicted molar refractivity (Wildman–Crippen MR) is 77.0 cm³/mol. The number of nitrogens with zero attached hydrogens (tertiary/aromatic N) is 1. The average molecular weight is 274 g/mol. The normalized spacial score (nSPS) is 23.9. The fourth-order valence-corrected chi connectivity index (χ4v) is 3.29. The molecule has 4 nitrogen and oxygen atoms in total. The maximum Gasteiger partial charge on any atom is 0.168 e. The highest BCUT2D eigenvalue weighted by molar-refractivity contribution is 6.00. The number of piperidine rings is 1. The number of nitrogens with one attached hydrogen (secondary N) is 1. The maximum atomic E-state index is 12.6. The number of carbonyl (C=O) groups is 1. The van der Waals surface area contributed by atoms with Crippen molar-refractivity contribution in [3.63, 3.8) is 0 Å². The third-order valence-corrected chi connectivity index (χ3v) is 4.48. The molecule has 0 bridgehead atoms. The molecule has 2 fully saturated rings. The molecule has 2 heterocycles. The SMILES string of the molecule is CC(C)Oc1cncc(C(=O)C2CC23CCNCC3)c1. The van der Waals surface area contributed by atoms with Gasteiger partial charge in [0.1, 0.15) is 5.75 Å². The maximum absolute atomic E-state index is 12.6. The van der Waals surface area contributed by atoms with E-state index in [1.165, 1.54) is 0 Å². The molecule has 0 radical (unpaired) electrons. The van der Waals surface area contributed by atoms with Crippen LogP contribution in [0.25, 0.3) is 0 Å². The Balaban J connectivity index is 1.72. The zero-order valence-corrected chi connectivity index (χ0v) is 12.2. The minimum atomic E-state index is 0.0961. The minimum absolute atomic E-state index is 0.0961. The number of carbonyl (C=O) groups excluding carboxylic acids is 1. The molecule has 108 valence electrons. The highest BCUT2D eigenvalue weighted by Gasteiger charge is 2.57. The van der Waals surface area contributed by atoms with Gasteiger partial charge in [0.2, 0.25) is 0 Å². The van der Waals surface area contributed by atoms with Crippen molar-refractivity contribution in [1.29, 1.82) is 0 Å². The first-order valence-electron chi connectivity index (χ1n) is 7.47. The van der Waals surface area contributed by atoms with E-state index in [0.717, 1.165) is 32.4 Å². The van der Waals surface area contributed by atoms with Gasteiger partial charge in [0.25, 0.3) is 0 Å². The number of ketones is 1. The van der Waals surface area contributed by atoms with Crippen molar-refractivity contribution >= 4 is 5.78 Å². The van der Waals surface area contributed by atoms with E-state index in [1.807, 2.05) is 19.9 Å². The smallest absolute Gasteiger partial charge is 0.168 e. The summed E-state index contributed by atoms with van der Waals surface area (Å²) >= 11 is 0. The fraction of sp³-hybridized carbons (Fsp3) is 0.625. The molecule has 1 aliphatic carbocycles. The van der Waals surface area contributed by atoms with Gasteiger partial charge in [-0.2, -0.15) is 0 Å². The Morgan fingerprint density at radius 1 is 1.40 bits per heavy atom. The highest BCUT2D eigenvalue weighted by atomic mass is 16.5. The van der Waals surface area contributed by atoms with Crippen LogP contribution in [0, 0.1) is 11.3 Å². The van der Waals surface area contributed by atoms with Crippen LogP contribution in [0.4, 0.5) is 0 Å². The largest absolute Gasteiger partial charge is 0.489 e. The van der Waals surface area contributed by atoms with Crippen molar-refractivity contribution < 1.29 is 9.53 Å². The van der Waals surface area contributed by atoms with Crippen molar-refractivity contribution in [1.82, 2.24) is 10.3 Å². The van der Waals surface area contributed by atoms with Crippen LogP contribution in [0.2, 0.25) is 0 Å². The summed E-state index contributed by atoms with van der Waals surface area (Å²) in [5, 5.41) is 3.37. The van der Waals surface area contributed by atoms with E-state index in [2.05, 4.69) is 10.3 Å². The zero-order valence-electron chi connectivity index (χ0n) is 12.2. The number of pyridine rings is 1. The summed E-state index contributed by atoms with van der Waals surface area (Å²) in [4.78, 5) is 16.7. The Hall–Kier alpha value is -1.42. The first-order chi connectivity index (χ1) is 9.61. The van der Waals surface area contributed by atoms with Crippen molar-refractivity contribution in [2.24, 2.45) is 11.3 Å². The average Bonchev–Trinajstić information content (AvgIpc) is 3.11. The van der Waals surface area contributed by atoms with Gasteiger partial charge < -0.3 is 10.1 Å². The van der Waals surface area contributed by atoms with E-state index in [-0.39, 0.29) is 23.2 Å². The highest BCUT2D eigenvalue weighted by Crippen LogP contribution is 2.59. The second-order valence-corrected chi connectivity index (χ2v) is 6.31. The number of aromatic nitrogens is 1. The summed E-state index contributed by atoms with van der Waals surface area (Å²) in [7, 11) is 0. The zero-order chi connectivity index (χ0) is 14.2. The Morgan fingerprint density at radius 2 is 2.15 bits per heavy atom. The molecule has 1 unspecified atom stereocenters. The van der Waals surface area contributed by atoms with Gasteiger partial charge in [0.15, 0.2) is 5.78 Å². The molecule has 0 amide bonds. The molecule has 3 rings (SSSR count). The molecule has 0 aromatic carbocycles. The van der Waals surface area contributed by atoms with Gasteiger partial charge in [-0.3, -0.25) is 9.78 Å². The second-order valence-electron chi connectivity index (χ2n) is 6.31. The van der Waals surface area contributed by atoms with Crippen LogP contribution in [0.3, 0.4) is 0 Å². The lowest BCUT2D eigenvalue weighted by atomic mass is 9.89. The van der Waals surface area contributed by atoms with Crippen LogP contribution >= 0.6 is 0 Å². The molecule has 1 aliphatic heterocycles. The lowest BCUT2D eigenvalue weighted by molar-refractivity contribution is 0.0939. The first-order valence-corrected chi connectivity index (χ1v) is 7.47. The summed E-state index contributed by atoms with van der Waals surface area (Å²) in [6.45, 7) is 6.02. The van der Waals surface area contributed by atoms with E-state index >= 15 is 0 Å². The summed E-state index contributed by atoms with van der Waals surface area (Å²) in [6, 6.07) is 1.84. The molecular weight excluding hydrogens is 252 g/mol. The second kappa shape index (κ2) is 5.17. The summed E-state index contributed by atoms with van der Waals surface area (Å²) < 4.78 is 5.62. The Kier molecular flexibility index (Phi) is 3.50. The van der Waals surface area contributed by atoms with Crippen LogP contribution in [-0.2, 0) is 0 Å². The van der Waals surface area contributed by atoms with E-state index in [1.54, 1.807) is 12.4 Å². The summed E-state index contributed by atoms with van der Waals surface area (Å²) in [5.41, 5.74) is 0.973. The van der Waals surface area contributed by atoms with Gasteiger partial charge in [0, 0.05) is 17.7 Å². The number of rotatable bonds is 4. The fourth-order valence-electron chi connectivity index (χ4n) is 3.29. The van der Waals surface area contributed by atoms with Crippen LogP contribution < -0.4 is 10.1 Å². The molecular formula is C16H22N2O2. The predicted octanol–water partition coefficient (Wildman–Crippen LogP) is 2.44. The molecule has 1 spiro atoms. The molecule has 1 atom stereocenters. The number of hydrogen-bond donors (Lipinski definition) is 1. The Bertz CT molecular complexity index is 507. The Labute approximate surface area is 119 Å². The summed E-state index contributed by atoms with van der Waals surface area (Å²) in [6.07, 6.45) is 6.73. The molecule has 1 aromatic rings. The quantitative estimate of drug-likeness (QED) is 0.857. The number of Topliss-reactive ketones (excluding diaryl/α,β-unsaturated/α-hetero) is 1. The van der Waals surface area contributed by atoms with E-state index < -0.39 is 0 Å². The topological polar surface area (TPSA) is 51.2 Å². The van der Waals surface area contributed by atoms with Crippen molar-refractivity contribution in [3.05, 3.63) is 24.0 Å². The third kappa shape index (κ3) is 2.57. The molecule has 2 aliphatic rings. The lowest BCUT2D eigenvalue weighted by Crippen LogP contribution is -2.30. The number of ether oxygens (including phenoxy) is 1.